The van der Waals surface area contributed by atoms with Crippen molar-refractivity contribution in [3.8, 4) is 5.75 Å². The molecule has 0 fully saturated rings. The lowest BCUT2D eigenvalue weighted by Gasteiger charge is -2.30. The Morgan fingerprint density at radius 2 is 1.75 bits per heavy atom. The number of rotatable bonds is 8. The summed E-state index contributed by atoms with van der Waals surface area (Å²) < 4.78 is 31.4. The second-order valence-corrected chi connectivity index (χ2v) is 8.70. The minimum atomic E-state index is -3.72. The first-order valence-electron chi connectivity index (χ1n) is 8.65. The summed E-state index contributed by atoms with van der Waals surface area (Å²) in [4.78, 5) is 12.9. The lowest BCUT2D eigenvalue weighted by atomic mass is 10.1. The third kappa shape index (κ3) is 5.53. The molecule has 0 saturated carbocycles. The molecule has 28 heavy (non-hydrogen) atoms. The Kier molecular flexibility index (Phi) is 7.57. The number of halogens is 2. The molecule has 0 aliphatic heterocycles. The second kappa shape index (κ2) is 9.49. The van der Waals surface area contributed by atoms with Crippen molar-refractivity contribution in [3.63, 3.8) is 0 Å². The van der Waals surface area contributed by atoms with Crippen LogP contribution in [0.4, 0.5) is 11.4 Å². The highest BCUT2D eigenvalue weighted by Gasteiger charge is 2.31. The zero-order chi connectivity index (χ0) is 20.9. The zero-order valence-corrected chi connectivity index (χ0v) is 18.1. The Morgan fingerprint density at radius 3 is 2.25 bits per heavy atom. The first kappa shape index (κ1) is 22.3. The van der Waals surface area contributed by atoms with Crippen LogP contribution in [-0.4, -0.2) is 33.2 Å². The van der Waals surface area contributed by atoms with Gasteiger partial charge in [-0.3, -0.25) is 9.10 Å². The Bertz CT molecular complexity index is 933. The number of ether oxygens (including phenoxy) is 1. The van der Waals surface area contributed by atoms with E-state index >= 15 is 0 Å². The number of sulfonamides is 1. The monoisotopic (exact) mass is 444 g/mol. The standard InChI is InChI=1S/C19H22Cl2N2O4S/c1-4-18(19(24)22-13-6-11-16(20)17(21)12-13)23(28(3,25)26)14-7-9-15(10-8-14)27-5-2/h6-12,18H,4-5H2,1-3H3,(H,22,24)/t18-/m0/s1. The van der Waals surface area contributed by atoms with Gasteiger partial charge in [0.15, 0.2) is 0 Å². The fourth-order valence-corrected chi connectivity index (χ4v) is 4.23. The topological polar surface area (TPSA) is 75.7 Å². The van der Waals surface area contributed by atoms with E-state index in [1.807, 2.05) is 6.92 Å². The minimum absolute atomic E-state index is 0.271. The highest BCUT2D eigenvalue weighted by molar-refractivity contribution is 7.92. The number of carbonyl (C=O) groups is 1. The summed E-state index contributed by atoms with van der Waals surface area (Å²) in [5.74, 6) is 0.146. The van der Waals surface area contributed by atoms with E-state index in [2.05, 4.69) is 5.32 Å². The van der Waals surface area contributed by atoms with Crippen molar-refractivity contribution < 1.29 is 17.9 Å². The van der Waals surface area contributed by atoms with E-state index < -0.39 is 22.0 Å². The van der Waals surface area contributed by atoms with Crippen molar-refractivity contribution in [2.75, 3.05) is 22.5 Å². The van der Waals surface area contributed by atoms with Gasteiger partial charge in [0.05, 0.1) is 28.6 Å². The Morgan fingerprint density at radius 1 is 1.11 bits per heavy atom. The van der Waals surface area contributed by atoms with Crippen LogP contribution >= 0.6 is 23.2 Å². The second-order valence-electron chi connectivity index (χ2n) is 6.03. The molecule has 6 nitrogen and oxygen atoms in total. The number of nitrogens with zero attached hydrogens (tertiary/aromatic N) is 1. The van der Waals surface area contributed by atoms with Crippen LogP contribution in [0.15, 0.2) is 42.5 Å². The molecule has 1 N–H and O–H groups in total. The molecule has 0 aliphatic carbocycles. The first-order valence-corrected chi connectivity index (χ1v) is 11.3. The number of carbonyl (C=O) groups excluding carboxylic acids is 1. The lowest BCUT2D eigenvalue weighted by molar-refractivity contribution is -0.117. The summed E-state index contributed by atoms with van der Waals surface area (Å²) in [5, 5.41) is 3.35. The van der Waals surface area contributed by atoms with Crippen molar-refractivity contribution in [3.05, 3.63) is 52.5 Å². The number of amides is 1. The largest absolute Gasteiger partial charge is 0.494 e. The molecule has 0 aromatic heterocycles. The molecule has 2 rings (SSSR count). The molecular formula is C19H22Cl2N2O4S. The van der Waals surface area contributed by atoms with Crippen LogP contribution in [0.25, 0.3) is 0 Å². The maximum absolute atomic E-state index is 12.9. The summed E-state index contributed by atoms with van der Waals surface area (Å²) in [6.07, 6.45) is 1.34. The van der Waals surface area contributed by atoms with Gasteiger partial charge in [-0.05, 0) is 55.8 Å². The quantitative estimate of drug-likeness (QED) is 0.646. The molecule has 0 aliphatic rings. The average molecular weight is 445 g/mol. The van der Waals surface area contributed by atoms with Gasteiger partial charge in [-0.25, -0.2) is 8.42 Å². The van der Waals surface area contributed by atoms with Gasteiger partial charge in [0.2, 0.25) is 15.9 Å². The van der Waals surface area contributed by atoms with Gasteiger partial charge < -0.3 is 10.1 Å². The van der Waals surface area contributed by atoms with E-state index in [-0.39, 0.29) is 6.42 Å². The van der Waals surface area contributed by atoms with Gasteiger partial charge in [0, 0.05) is 5.69 Å². The summed E-state index contributed by atoms with van der Waals surface area (Å²) in [6, 6.07) is 10.3. The molecule has 0 bridgehead atoms. The molecule has 0 spiro atoms. The molecule has 0 radical (unpaired) electrons. The van der Waals surface area contributed by atoms with E-state index in [0.29, 0.717) is 33.8 Å². The molecule has 0 unspecified atom stereocenters. The van der Waals surface area contributed by atoms with Crippen molar-refractivity contribution in [2.45, 2.75) is 26.3 Å². The highest BCUT2D eigenvalue weighted by atomic mass is 35.5. The Balaban J connectivity index is 2.34. The Hall–Kier alpha value is -1.96. The molecule has 2 aromatic rings. The van der Waals surface area contributed by atoms with Crippen LogP contribution in [0.1, 0.15) is 20.3 Å². The number of hydrogen-bond donors (Lipinski definition) is 1. The zero-order valence-electron chi connectivity index (χ0n) is 15.8. The molecule has 0 saturated heterocycles. The van der Waals surface area contributed by atoms with E-state index in [1.54, 1.807) is 43.3 Å². The van der Waals surface area contributed by atoms with E-state index in [9.17, 15) is 13.2 Å². The number of benzene rings is 2. The maximum atomic E-state index is 12.9. The number of nitrogens with one attached hydrogen (secondary N) is 1. The van der Waals surface area contributed by atoms with Crippen LogP contribution in [0.2, 0.25) is 10.0 Å². The van der Waals surface area contributed by atoms with Gasteiger partial charge in [0.25, 0.3) is 0 Å². The van der Waals surface area contributed by atoms with Crippen molar-refractivity contribution in [1.82, 2.24) is 0 Å². The van der Waals surface area contributed by atoms with Gasteiger partial charge in [-0.15, -0.1) is 0 Å². The number of hydrogen-bond acceptors (Lipinski definition) is 4. The van der Waals surface area contributed by atoms with E-state index in [4.69, 9.17) is 27.9 Å². The smallest absolute Gasteiger partial charge is 0.248 e. The van der Waals surface area contributed by atoms with Crippen LogP contribution in [-0.2, 0) is 14.8 Å². The van der Waals surface area contributed by atoms with Crippen LogP contribution in [0.3, 0.4) is 0 Å². The molecular weight excluding hydrogens is 423 g/mol. The van der Waals surface area contributed by atoms with E-state index in [1.165, 1.54) is 6.07 Å². The highest BCUT2D eigenvalue weighted by Crippen LogP contribution is 2.28. The molecule has 2 aromatic carbocycles. The summed E-state index contributed by atoms with van der Waals surface area (Å²) in [7, 11) is -3.72. The summed E-state index contributed by atoms with van der Waals surface area (Å²) >= 11 is 11.9. The fourth-order valence-electron chi connectivity index (χ4n) is 2.72. The third-order valence-corrected chi connectivity index (χ3v) is 5.84. The predicted molar refractivity (Wildman–Crippen MR) is 114 cm³/mol. The van der Waals surface area contributed by atoms with Crippen molar-refractivity contribution >= 4 is 50.5 Å². The van der Waals surface area contributed by atoms with Crippen molar-refractivity contribution in [1.29, 1.82) is 0 Å². The summed E-state index contributed by atoms with van der Waals surface area (Å²) in [5.41, 5.74) is 0.806. The molecule has 9 heteroatoms. The minimum Gasteiger partial charge on any atom is -0.494 e. The molecule has 1 atom stereocenters. The first-order chi connectivity index (χ1) is 13.2. The summed E-state index contributed by atoms with van der Waals surface area (Å²) in [6.45, 7) is 4.10. The predicted octanol–water partition coefficient (Wildman–Crippen LogP) is 4.58. The fraction of sp³-hybridized carbons (Fsp3) is 0.316. The van der Waals surface area contributed by atoms with Crippen LogP contribution < -0.4 is 14.4 Å². The van der Waals surface area contributed by atoms with Gasteiger partial charge in [-0.1, -0.05) is 30.1 Å². The molecule has 1 amide bonds. The Labute approximate surface area is 175 Å². The van der Waals surface area contributed by atoms with Crippen LogP contribution in [0, 0.1) is 0 Å². The maximum Gasteiger partial charge on any atom is 0.248 e. The van der Waals surface area contributed by atoms with Gasteiger partial charge in [-0.2, -0.15) is 0 Å². The SMILES string of the molecule is CCOc1ccc(N([C@@H](CC)C(=O)Nc2ccc(Cl)c(Cl)c2)S(C)(=O)=O)cc1. The van der Waals surface area contributed by atoms with Gasteiger partial charge in [0.1, 0.15) is 11.8 Å². The van der Waals surface area contributed by atoms with Crippen LogP contribution in [0.5, 0.6) is 5.75 Å². The third-order valence-electron chi connectivity index (χ3n) is 3.92. The van der Waals surface area contributed by atoms with Gasteiger partial charge >= 0.3 is 0 Å². The van der Waals surface area contributed by atoms with Crippen molar-refractivity contribution in [2.24, 2.45) is 0 Å². The average Bonchev–Trinajstić information content (AvgIpc) is 2.62. The lowest BCUT2D eigenvalue weighted by Crippen LogP contribution is -2.47. The van der Waals surface area contributed by atoms with E-state index in [0.717, 1.165) is 10.6 Å². The normalized spacial score (nSPS) is 12.3. The number of anilines is 2. The molecule has 152 valence electrons. The molecule has 0 heterocycles.